The van der Waals surface area contributed by atoms with Crippen LogP contribution < -0.4 is 5.32 Å². The van der Waals surface area contributed by atoms with Crippen LogP contribution in [0.2, 0.25) is 0 Å². The first-order valence-electron chi connectivity index (χ1n) is 6.52. The van der Waals surface area contributed by atoms with Gasteiger partial charge in [-0.05, 0) is 25.2 Å². The van der Waals surface area contributed by atoms with Crippen LogP contribution in [-0.2, 0) is 7.05 Å². The van der Waals surface area contributed by atoms with Crippen molar-refractivity contribution >= 4 is 11.8 Å². The van der Waals surface area contributed by atoms with Crippen LogP contribution in [0.4, 0.5) is 10.6 Å². The maximum atomic E-state index is 12.1. The van der Waals surface area contributed by atoms with E-state index in [4.69, 9.17) is 0 Å². The molecule has 18 heavy (non-hydrogen) atoms. The largest absolute Gasteiger partial charge is 0.324 e. The van der Waals surface area contributed by atoms with E-state index < -0.39 is 0 Å². The second kappa shape index (κ2) is 5.00. The molecule has 5 nitrogen and oxygen atoms in total. The molecule has 0 aliphatic carbocycles. The Morgan fingerprint density at radius 3 is 2.50 bits per heavy atom. The van der Waals surface area contributed by atoms with Crippen LogP contribution in [0.1, 0.15) is 26.0 Å². The van der Waals surface area contributed by atoms with Crippen molar-refractivity contribution < 1.29 is 4.79 Å². The molecule has 0 bridgehead atoms. The minimum atomic E-state index is -0.0356. The number of carbonyl (C=O) groups is 1. The number of amides is 2. The number of urea groups is 1. The molecular weight excluding hydrogens is 228 g/mol. The fourth-order valence-electron chi connectivity index (χ4n) is 2.64. The number of hydrogen-bond acceptors (Lipinski definition) is 2. The molecule has 1 saturated heterocycles. The SMILES string of the molecule is Cc1cc(NC(=O)N2CC(C)CC(C)C2)nn1C. The normalized spacial score (nSPS) is 24.1. The lowest BCUT2D eigenvalue weighted by molar-refractivity contribution is 0.156. The number of likely N-dealkylation sites (tertiary alicyclic amines) is 1. The summed E-state index contributed by atoms with van der Waals surface area (Å²) in [5.74, 6) is 1.78. The van der Waals surface area contributed by atoms with Gasteiger partial charge in [-0.15, -0.1) is 0 Å². The average Bonchev–Trinajstić information content (AvgIpc) is 2.56. The Kier molecular flexibility index (Phi) is 3.59. The van der Waals surface area contributed by atoms with Crippen molar-refractivity contribution in [1.82, 2.24) is 14.7 Å². The van der Waals surface area contributed by atoms with Crippen molar-refractivity contribution in [3.63, 3.8) is 0 Å². The fraction of sp³-hybridized carbons (Fsp3) is 0.692. The van der Waals surface area contributed by atoms with Gasteiger partial charge in [0.25, 0.3) is 0 Å². The first-order chi connectivity index (χ1) is 8.45. The van der Waals surface area contributed by atoms with E-state index >= 15 is 0 Å². The summed E-state index contributed by atoms with van der Waals surface area (Å²) >= 11 is 0. The molecule has 0 spiro atoms. The molecule has 1 aromatic rings. The minimum absolute atomic E-state index is 0.0356. The molecule has 100 valence electrons. The average molecular weight is 250 g/mol. The first-order valence-corrected chi connectivity index (χ1v) is 6.52. The minimum Gasteiger partial charge on any atom is -0.324 e. The summed E-state index contributed by atoms with van der Waals surface area (Å²) < 4.78 is 1.76. The molecular formula is C13H22N4O. The van der Waals surface area contributed by atoms with Gasteiger partial charge < -0.3 is 4.90 Å². The van der Waals surface area contributed by atoms with Crippen molar-refractivity contribution in [2.75, 3.05) is 18.4 Å². The summed E-state index contributed by atoms with van der Waals surface area (Å²) in [6, 6.07) is 1.85. The summed E-state index contributed by atoms with van der Waals surface area (Å²) in [5.41, 5.74) is 1.03. The molecule has 0 saturated carbocycles. The van der Waals surface area contributed by atoms with E-state index in [1.54, 1.807) is 4.68 Å². The molecule has 1 N–H and O–H groups in total. The summed E-state index contributed by atoms with van der Waals surface area (Å²) in [4.78, 5) is 14.0. The number of aryl methyl sites for hydroxylation is 2. The number of anilines is 1. The monoisotopic (exact) mass is 250 g/mol. The van der Waals surface area contributed by atoms with Gasteiger partial charge in [0.2, 0.25) is 0 Å². The quantitative estimate of drug-likeness (QED) is 0.831. The third-order valence-electron chi connectivity index (χ3n) is 3.50. The van der Waals surface area contributed by atoms with Gasteiger partial charge in [0, 0.05) is 31.9 Å². The van der Waals surface area contributed by atoms with E-state index in [1.807, 2.05) is 24.9 Å². The van der Waals surface area contributed by atoms with Gasteiger partial charge in [0.15, 0.2) is 5.82 Å². The van der Waals surface area contributed by atoms with Gasteiger partial charge in [-0.2, -0.15) is 5.10 Å². The number of hydrogen-bond donors (Lipinski definition) is 1. The molecule has 2 heterocycles. The lowest BCUT2D eigenvalue weighted by atomic mass is 9.92. The maximum Gasteiger partial charge on any atom is 0.323 e. The topological polar surface area (TPSA) is 50.2 Å². The van der Waals surface area contributed by atoms with Crippen LogP contribution in [0.25, 0.3) is 0 Å². The first kappa shape index (κ1) is 12.9. The van der Waals surface area contributed by atoms with E-state index in [1.165, 1.54) is 6.42 Å². The molecule has 1 aliphatic heterocycles. The Balaban J connectivity index is 1.99. The highest BCUT2D eigenvalue weighted by molar-refractivity contribution is 5.88. The Morgan fingerprint density at radius 1 is 1.39 bits per heavy atom. The molecule has 2 atom stereocenters. The van der Waals surface area contributed by atoms with Crippen molar-refractivity contribution in [1.29, 1.82) is 0 Å². The van der Waals surface area contributed by atoms with E-state index in [-0.39, 0.29) is 6.03 Å². The Morgan fingerprint density at radius 2 is 2.00 bits per heavy atom. The van der Waals surface area contributed by atoms with Crippen LogP contribution in [0.5, 0.6) is 0 Å². The Labute approximate surface area is 108 Å². The van der Waals surface area contributed by atoms with Crippen LogP contribution in [0.3, 0.4) is 0 Å². The highest BCUT2D eigenvalue weighted by atomic mass is 16.2. The van der Waals surface area contributed by atoms with Crippen LogP contribution in [-0.4, -0.2) is 33.8 Å². The number of carbonyl (C=O) groups excluding carboxylic acids is 1. The van der Waals surface area contributed by atoms with Gasteiger partial charge in [-0.3, -0.25) is 10.00 Å². The molecule has 1 aromatic heterocycles. The standard InChI is InChI=1S/C13H22N4O/c1-9-5-10(2)8-17(7-9)13(18)14-12-6-11(3)16(4)15-12/h6,9-10H,5,7-8H2,1-4H3,(H,14,15,18). The zero-order valence-corrected chi connectivity index (χ0v) is 11.6. The van der Waals surface area contributed by atoms with Crippen molar-refractivity contribution in [3.05, 3.63) is 11.8 Å². The lowest BCUT2D eigenvalue weighted by Gasteiger charge is -2.34. The second-order valence-corrected chi connectivity index (χ2v) is 5.58. The molecule has 2 amide bonds. The lowest BCUT2D eigenvalue weighted by Crippen LogP contribution is -2.44. The Hall–Kier alpha value is -1.52. The smallest absolute Gasteiger partial charge is 0.323 e. The van der Waals surface area contributed by atoms with Crippen LogP contribution in [0, 0.1) is 18.8 Å². The van der Waals surface area contributed by atoms with E-state index in [9.17, 15) is 4.79 Å². The third-order valence-corrected chi connectivity index (χ3v) is 3.50. The summed E-state index contributed by atoms with van der Waals surface area (Å²) in [6.07, 6.45) is 1.20. The molecule has 1 fully saturated rings. The number of piperidine rings is 1. The summed E-state index contributed by atoms with van der Waals surface area (Å²) in [7, 11) is 1.87. The predicted octanol–water partition coefficient (Wildman–Crippen LogP) is 2.24. The summed E-state index contributed by atoms with van der Waals surface area (Å²) in [6.45, 7) is 8.03. The van der Waals surface area contributed by atoms with Gasteiger partial charge >= 0.3 is 6.03 Å². The molecule has 1 aliphatic rings. The number of nitrogens with one attached hydrogen (secondary N) is 1. The van der Waals surface area contributed by atoms with E-state index in [0.717, 1.165) is 18.8 Å². The highest BCUT2D eigenvalue weighted by Crippen LogP contribution is 2.21. The molecule has 5 heteroatoms. The molecule has 0 aromatic carbocycles. The zero-order chi connectivity index (χ0) is 13.3. The highest BCUT2D eigenvalue weighted by Gasteiger charge is 2.25. The third kappa shape index (κ3) is 2.83. The summed E-state index contributed by atoms with van der Waals surface area (Å²) in [5, 5.41) is 7.11. The molecule has 2 unspecified atom stereocenters. The second-order valence-electron chi connectivity index (χ2n) is 5.58. The van der Waals surface area contributed by atoms with Gasteiger partial charge in [-0.1, -0.05) is 13.8 Å². The molecule has 2 rings (SSSR count). The van der Waals surface area contributed by atoms with Gasteiger partial charge in [0.05, 0.1) is 0 Å². The van der Waals surface area contributed by atoms with Crippen molar-refractivity contribution in [3.8, 4) is 0 Å². The molecule has 0 radical (unpaired) electrons. The number of rotatable bonds is 1. The van der Waals surface area contributed by atoms with Crippen molar-refractivity contribution in [2.45, 2.75) is 27.2 Å². The van der Waals surface area contributed by atoms with E-state index in [2.05, 4.69) is 24.3 Å². The van der Waals surface area contributed by atoms with Crippen LogP contribution >= 0.6 is 0 Å². The predicted molar refractivity (Wildman–Crippen MR) is 71.5 cm³/mol. The Bertz CT molecular complexity index is 411. The number of aromatic nitrogens is 2. The fourth-order valence-corrected chi connectivity index (χ4v) is 2.64. The number of nitrogens with zero attached hydrogens (tertiary/aromatic N) is 3. The van der Waals surface area contributed by atoms with E-state index in [0.29, 0.717) is 17.7 Å². The van der Waals surface area contributed by atoms with Gasteiger partial charge in [-0.25, -0.2) is 4.79 Å². The van der Waals surface area contributed by atoms with Crippen LogP contribution in [0.15, 0.2) is 6.07 Å². The zero-order valence-electron chi connectivity index (χ0n) is 11.6. The maximum absolute atomic E-state index is 12.1. The van der Waals surface area contributed by atoms with Gasteiger partial charge in [0.1, 0.15) is 0 Å². The van der Waals surface area contributed by atoms with Crippen molar-refractivity contribution in [2.24, 2.45) is 18.9 Å².